The van der Waals surface area contributed by atoms with Gasteiger partial charge in [-0.3, -0.25) is 4.79 Å². The standard InChI is InChI=1S/C22H29N5O2/c1-7-26(10-11-28)17-8-9-18(14(4)12-17)24-20-16(6)25-27-21(20)23-15(5)19(13(2)3)22(27)29/h8-9,12-13,28H,7,10-11H2,1-6H3. The summed E-state index contributed by atoms with van der Waals surface area (Å²) >= 11 is 0. The molecule has 2 aromatic rings. The molecule has 7 heteroatoms. The Hall–Kier alpha value is -2.80. The second-order valence-electron chi connectivity index (χ2n) is 7.63. The van der Waals surface area contributed by atoms with Crippen LogP contribution in [0.2, 0.25) is 0 Å². The number of nitrogens with zero attached hydrogens (tertiary/aromatic N) is 5. The summed E-state index contributed by atoms with van der Waals surface area (Å²) in [5, 5.41) is 13.7. The van der Waals surface area contributed by atoms with E-state index in [-0.39, 0.29) is 18.1 Å². The molecule has 0 saturated carbocycles. The molecule has 0 bridgehead atoms. The molecule has 0 saturated heterocycles. The van der Waals surface area contributed by atoms with Crippen LogP contribution < -0.4 is 10.5 Å². The summed E-state index contributed by atoms with van der Waals surface area (Å²) < 4.78 is 1.38. The first-order valence-electron chi connectivity index (χ1n) is 10.0. The highest BCUT2D eigenvalue weighted by Crippen LogP contribution is 2.26. The van der Waals surface area contributed by atoms with Crippen molar-refractivity contribution in [3.63, 3.8) is 0 Å². The molecule has 0 amide bonds. The minimum atomic E-state index is -0.123. The number of anilines is 1. The van der Waals surface area contributed by atoms with Gasteiger partial charge in [0.1, 0.15) is 5.71 Å². The number of rotatable bonds is 6. The fraction of sp³-hybridized carbons (Fsp3) is 0.455. The molecular weight excluding hydrogens is 366 g/mol. The Morgan fingerprint density at radius 2 is 1.97 bits per heavy atom. The van der Waals surface area contributed by atoms with Crippen molar-refractivity contribution in [1.82, 2.24) is 9.66 Å². The van der Waals surface area contributed by atoms with Crippen molar-refractivity contribution in [2.45, 2.75) is 47.5 Å². The van der Waals surface area contributed by atoms with Gasteiger partial charge in [-0.15, -0.1) is 0 Å². The van der Waals surface area contributed by atoms with Crippen molar-refractivity contribution >= 4 is 22.8 Å². The molecule has 0 radical (unpaired) electrons. The zero-order valence-corrected chi connectivity index (χ0v) is 18.0. The average molecular weight is 396 g/mol. The third-order valence-corrected chi connectivity index (χ3v) is 5.20. The number of hydrogen-bond donors (Lipinski definition) is 1. The quantitative estimate of drug-likeness (QED) is 0.814. The summed E-state index contributed by atoms with van der Waals surface area (Å²) in [5.41, 5.74) is 5.46. The Bertz CT molecular complexity index is 1050. The third kappa shape index (κ3) is 3.87. The van der Waals surface area contributed by atoms with E-state index in [0.717, 1.165) is 29.2 Å². The van der Waals surface area contributed by atoms with Crippen molar-refractivity contribution in [2.75, 3.05) is 24.6 Å². The number of aliphatic imine (C=N–C) groups is 1. The zero-order chi connectivity index (χ0) is 21.3. The molecule has 1 aromatic carbocycles. The van der Waals surface area contributed by atoms with Gasteiger partial charge >= 0.3 is 0 Å². The van der Waals surface area contributed by atoms with Crippen LogP contribution >= 0.6 is 0 Å². The largest absolute Gasteiger partial charge is 0.395 e. The van der Waals surface area contributed by atoms with E-state index < -0.39 is 0 Å². The van der Waals surface area contributed by atoms with Crippen LogP contribution in [0.25, 0.3) is 0 Å². The summed E-state index contributed by atoms with van der Waals surface area (Å²) in [4.78, 5) is 24.5. The molecule has 1 aromatic heterocycles. The Kier molecular flexibility index (Phi) is 5.98. The lowest BCUT2D eigenvalue weighted by Gasteiger charge is -2.22. The number of aromatic nitrogens is 2. The average Bonchev–Trinajstić information content (AvgIpc) is 2.97. The molecule has 2 heterocycles. The van der Waals surface area contributed by atoms with E-state index in [9.17, 15) is 9.90 Å². The van der Waals surface area contributed by atoms with Crippen molar-refractivity contribution in [1.29, 1.82) is 0 Å². The van der Waals surface area contributed by atoms with Gasteiger partial charge in [-0.05, 0) is 57.4 Å². The zero-order valence-electron chi connectivity index (χ0n) is 18.0. The number of aliphatic hydroxyl groups is 1. The van der Waals surface area contributed by atoms with Gasteiger partial charge in [0.15, 0.2) is 5.82 Å². The first-order valence-corrected chi connectivity index (χ1v) is 10.0. The van der Waals surface area contributed by atoms with E-state index in [0.29, 0.717) is 29.4 Å². The highest BCUT2D eigenvalue weighted by molar-refractivity contribution is 6.48. The van der Waals surface area contributed by atoms with Gasteiger partial charge in [0.25, 0.3) is 5.56 Å². The van der Waals surface area contributed by atoms with Crippen LogP contribution in [-0.4, -0.2) is 45.9 Å². The van der Waals surface area contributed by atoms with Crippen molar-refractivity contribution in [2.24, 2.45) is 10.1 Å². The molecule has 3 rings (SSSR count). The van der Waals surface area contributed by atoms with E-state index in [2.05, 4.69) is 28.0 Å². The maximum Gasteiger partial charge on any atom is 0.278 e. The van der Waals surface area contributed by atoms with Crippen molar-refractivity contribution < 1.29 is 5.11 Å². The van der Waals surface area contributed by atoms with Crippen LogP contribution in [0.1, 0.15) is 56.3 Å². The second kappa shape index (κ2) is 8.29. The summed E-state index contributed by atoms with van der Waals surface area (Å²) in [7, 11) is 0. The predicted molar refractivity (Wildman–Crippen MR) is 118 cm³/mol. The molecule has 1 aliphatic heterocycles. The van der Waals surface area contributed by atoms with Crippen molar-refractivity contribution in [3.8, 4) is 0 Å². The summed E-state index contributed by atoms with van der Waals surface area (Å²) in [5.74, 6) is 0.577. The van der Waals surface area contributed by atoms with Crippen molar-refractivity contribution in [3.05, 3.63) is 51.2 Å². The van der Waals surface area contributed by atoms with Crippen LogP contribution in [-0.2, 0) is 0 Å². The normalized spacial score (nSPS) is 14.5. The van der Waals surface area contributed by atoms with Gasteiger partial charge in [-0.1, -0.05) is 13.8 Å². The van der Waals surface area contributed by atoms with Crippen LogP contribution in [0.15, 0.2) is 33.1 Å². The molecule has 1 N–H and O–H groups in total. The van der Waals surface area contributed by atoms with E-state index >= 15 is 0 Å². The Morgan fingerprint density at radius 3 is 2.55 bits per heavy atom. The highest BCUT2D eigenvalue weighted by Gasteiger charge is 2.26. The molecule has 29 heavy (non-hydrogen) atoms. The van der Waals surface area contributed by atoms with Crippen LogP contribution in [0.4, 0.5) is 11.4 Å². The topological polar surface area (TPSA) is 83.1 Å². The molecule has 7 nitrogen and oxygen atoms in total. The third-order valence-electron chi connectivity index (χ3n) is 5.20. The first kappa shape index (κ1) is 20.9. The van der Waals surface area contributed by atoms with Gasteiger partial charge in [0.2, 0.25) is 0 Å². The second-order valence-corrected chi connectivity index (χ2v) is 7.63. The Morgan fingerprint density at radius 1 is 1.24 bits per heavy atom. The smallest absolute Gasteiger partial charge is 0.278 e. The van der Waals surface area contributed by atoms with Gasteiger partial charge in [-0.25, -0.2) is 9.98 Å². The molecular formula is C22H29N5O2. The molecule has 0 atom stereocenters. The van der Waals surface area contributed by atoms with Gasteiger partial charge < -0.3 is 10.0 Å². The predicted octanol–water partition coefficient (Wildman–Crippen LogP) is 3.16. The maximum atomic E-state index is 12.9. The number of aliphatic hydroxyl groups excluding tert-OH is 1. The van der Waals surface area contributed by atoms with Crippen LogP contribution in [0, 0.1) is 13.8 Å². The molecule has 0 spiro atoms. The van der Waals surface area contributed by atoms with Crippen LogP contribution in [0.3, 0.4) is 0 Å². The fourth-order valence-corrected chi connectivity index (χ4v) is 3.71. The minimum Gasteiger partial charge on any atom is -0.395 e. The number of likely N-dealkylation sites (N-methyl/N-ethyl adjacent to an activating group) is 1. The van der Waals surface area contributed by atoms with Gasteiger partial charge in [-0.2, -0.15) is 9.78 Å². The molecule has 0 unspecified atom stereocenters. The van der Waals surface area contributed by atoms with Gasteiger partial charge in [0.05, 0.1) is 18.0 Å². The minimum absolute atomic E-state index is 0.0829. The lowest BCUT2D eigenvalue weighted by molar-refractivity contribution is 0.302. The van der Waals surface area contributed by atoms with E-state index in [4.69, 9.17) is 4.99 Å². The number of benzene rings is 1. The molecule has 0 aliphatic carbocycles. The Balaban J connectivity index is 2.06. The van der Waals surface area contributed by atoms with E-state index in [1.165, 1.54) is 4.68 Å². The highest BCUT2D eigenvalue weighted by atomic mass is 16.3. The van der Waals surface area contributed by atoms with Gasteiger partial charge in [0, 0.05) is 30.0 Å². The monoisotopic (exact) mass is 395 g/mol. The lowest BCUT2D eigenvalue weighted by Crippen LogP contribution is -2.27. The van der Waals surface area contributed by atoms with E-state index in [1.54, 1.807) is 0 Å². The van der Waals surface area contributed by atoms with Crippen LogP contribution in [0.5, 0.6) is 0 Å². The lowest BCUT2D eigenvalue weighted by atomic mass is 10.0. The molecule has 1 aliphatic rings. The SMILES string of the molecule is CCN(CCO)c1ccc(N=C2C(C)=Nn3c2nc(C)c(C(C)C)c3=O)c(C)c1. The van der Waals surface area contributed by atoms with E-state index in [1.807, 2.05) is 46.8 Å². The number of aryl methyl sites for hydroxylation is 2. The molecule has 0 fully saturated rings. The summed E-state index contributed by atoms with van der Waals surface area (Å²) in [6.45, 7) is 13.3. The maximum absolute atomic E-state index is 12.9. The number of hydrogen-bond acceptors (Lipinski definition) is 6. The fourth-order valence-electron chi connectivity index (χ4n) is 3.71. The first-order chi connectivity index (χ1) is 13.8. The summed E-state index contributed by atoms with van der Waals surface area (Å²) in [6.07, 6.45) is 0. The molecule has 154 valence electrons. The Labute approximate surface area is 171 Å². The summed E-state index contributed by atoms with van der Waals surface area (Å²) in [6, 6.07) is 6.02. The number of fused-ring (bicyclic) bond motifs is 1.